The lowest BCUT2D eigenvalue weighted by Gasteiger charge is -2.07. The molecule has 1 saturated heterocycles. The number of ether oxygens (including phenoxy) is 1. The molecular formula is C19H17N3O3S. The largest absolute Gasteiger partial charge is 0.483 e. The van der Waals surface area contributed by atoms with Crippen LogP contribution >= 0.6 is 11.8 Å². The number of amides is 2. The number of nitrogens with zero attached hydrogens (tertiary/aromatic N) is 1. The van der Waals surface area contributed by atoms with Crippen molar-refractivity contribution in [2.75, 3.05) is 6.61 Å². The number of primary amides is 1. The minimum absolute atomic E-state index is 0.223. The van der Waals surface area contributed by atoms with Crippen LogP contribution in [-0.4, -0.2) is 23.6 Å². The van der Waals surface area contributed by atoms with Crippen molar-refractivity contribution in [3.8, 4) is 5.75 Å². The van der Waals surface area contributed by atoms with Gasteiger partial charge in [0.05, 0.1) is 10.6 Å². The van der Waals surface area contributed by atoms with Gasteiger partial charge in [0.25, 0.3) is 11.8 Å². The summed E-state index contributed by atoms with van der Waals surface area (Å²) in [5, 5.41) is 3.26. The Kier molecular flexibility index (Phi) is 5.38. The number of aryl methyl sites for hydroxylation is 1. The molecular weight excluding hydrogens is 350 g/mol. The Morgan fingerprint density at radius 1 is 1.23 bits per heavy atom. The third-order valence-electron chi connectivity index (χ3n) is 3.49. The smallest absolute Gasteiger partial charge is 0.264 e. The quantitative estimate of drug-likeness (QED) is 0.795. The molecule has 2 aromatic carbocycles. The van der Waals surface area contributed by atoms with Gasteiger partial charge in [-0.1, -0.05) is 35.9 Å². The molecule has 1 fully saturated rings. The number of para-hydroxylation sites is 1. The van der Waals surface area contributed by atoms with Crippen LogP contribution in [0.25, 0.3) is 6.08 Å². The fraction of sp³-hybridized carbons (Fsp3) is 0.105. The Labute approximate surface area is 155 Å². The molecule has 0 unspecified atom stereocenters. The van der Waals surface area contributed by atoms with Gasteiger partial charge in [0.15, 0.2) is 11.8 Å². The number of amidine groups is 1. The summed E-state index contributed by atoms with van der Waals surface area (Å²) in [4.78, 5) is 28.1. The van der Waals surface area contributed by atoms with Crippen molar-refractivity contribution in [2.24, 2.45) is 10.7 Å². The van der Waals surface area contributed by atoms with Crippen LogP contribution in [0.15, 0.2) is 58.4 Å². The molecule has 1 heterocycles. The van der Waals surface area contributed by atoms with Crippen molar-refractivity contribution >= 4 is 40.5 Å². The van der Waals surface area contributed by atoms with Crippen LogP contribution in [0.3, 0.4) is 0 Å². The van der Waals surface area contributed by atoms with Gasteiger partial charge in [-0.25, -0.2) is 4.99 Å². The summed E-state index contributed by atoms with van der Waals surface area (Å²) in [7, 11) is 0. The number of thioether (sulfide) groups is 1. The van der Waals surface area contributed by atoms with E-state index in [2.05, 4.69) is 10.3 Å². The summed E-state index contributed by atoms with van der Waals surface area (Å²) in [6, 6.07) is 14.8. The van der Waals surface area contributed by atoms with E-state index in [4.69, 9.17) is 10.5 Å². The van der Waals surface area contributed by atoms with Gasteiger partial charge in [0, 0.05) is 5.56 Å². The Bertz CT molecular complexity index is 905. The second kappa shape index (κ2) is 7.88. The SMILES string of the molecule is Cc1ccc(N=C2NC(=O)C(=Cc3ccccc3OCC(N)=O)S2)cc1. The van der Waals surface area contributed by atoms with Crippen molar-refractivity contribution in [3.05, 3.63) is 64.6 Å². The first-order chi connectivity index (χ1) is 12.5. The number of benzene rings is 2. The van der Waals surface area contributed by atoms with E-state index in [0.29, 0.717) is 21.4 Å². The van der Waals surface area contributed by atoms with Crippen LogP contribution < -0.4 is 15.8 Å². The number of carbonyl (C=O) groups is 2. The van der Waals surface area contributed by atoms with Gasteiger partial charge in [-0.15, -0.1) is 0 Å². The molecule has 2 amide bonds. The number of aliphatic imine (C=N–C) groups is 1. The molecule has 0 aliphatic carbocycles. The molecule has 1 aliphatic heterocycles. The second-order valence-corrected chi connectivity index (χ2v) is 6.64. The summed E-state index contributed by atoms with van der Waals surface area (Å²) in [5.41, 5.74) is 7.71. The number of hydrogen-bond acceptors (Lipinski definition) is 5. The molecule has 2 aromatic rings. The lowest BCUT2D eigenvalue weighted by Crippen LogP contribution is -2.20. The molecule has 7 heteroatoms. The number of carbonyl (C=O) groups excluding carboxylic acids is 2. The van der Waals surface area contributed by atoms with Crippen molar-refractivity contribution < 1.29 is 14.3 Å². The first kappa shape index (κ1) is 17.8. The van der Waals surface area contributed by atoms with Gasteiger partial charge in [0.2, 0.25) is 0 Å². The zero-order chi connectivity index (χ0) is 18.5. The first-order valence-corrected chi connectivity index (χ1v) is 8.69. The van der Waals surface area contributed by atoms with Crippen LogP contribution in [-0.2, 0) is 9.59 Å². The van der Waals surface area contributed by atoms with E-state index in [1.807, 2.05) is 37.3 Å². The van der Waals surface area contributed by atoms with Crippen LogP contribution in [0.4, 0.5) is 5.69 Å². The molecule has 26 heavy (non-hydrogen) atoms. The molecule has 0 aromatic heterocycles. The Morgan fingerprint density at radius 3 is 2.69 bits per heavy atom. The minimum Gasteiger partial charge on any atom is -0.483 e. The lowest BCUT2D eigenvalue weighted by molar-refractivity contribution is -0.120. The summed E-state index contributed by atoms with van der Waals surface area (Å²) >= 11 is 1.25. The normalized spacial score (nSPS) is 16.7. The van der Waals surface area contributed by atoms with Crippen LogP contribution in [0, 0.1) is 6.92 Å². The molecule has 0 bridgehead atoms. The van der Waals surface area contributed by atoms with Gasteiger partial charge in [-0.05, 0) is 43.0 Å². The van der Waals surface area contributed by atoms with E-state index in [0.717, 1.165) is 11.3 Å². The fourth-order valence-corrected chi connectivity index (χ4v) is 3.07. The maximum atomic E-state index is 12.2. The Hall–Kier alpha value is -3.06. The van der Waals surface area contributed by atoms with Crippen LogP contribution in [0.2, 0.25) is 0 Å². The van der Waals surface area contributed by atoms with Gasteiger partial charge < -0.3 is 15.8 Å². The maximum absolute atomic E-state index is 12.2. The highest BCUT2D eigenvalue weighted by molar-refractivity contribution is 8.18. The van der Waals surface area contributed by atoms with Crippen molar-refractivity contribution in [3.63, 3.8) is 0 Å². The van der Waals surface area contributed by atoms with Crippen molar-refractivity contribution in [1.29, 1.82) is 0 Å². The van der Waals surface area contributed by atoms with E-state index in [9.17, 15) is 9.59 Å². The van der Waals surface area contributed by atoms with Gasteiger partial charge >= 0.3 is 0 Å². The fourth-order valence-electron chi connectivity index (χ4n) is 2.24. The van der Waals surface area contributed by atoms with E-state index in [1.54, 1.807) is 24.3 Å². The highest BCUT2D eigenvalue weighted by atomic mass is 32.2. The molecule has 6 nitrogen and oxygen atoms in total. The van der Waals surface area contributed by atoms with Crippen molar-refractivity contribution in [2.45, 2.75) is 6.92 Å². The Morgan fingerprint density at radius 2 is 1.96 bits per heavy atom. The summed E-state index contributed by atoms with van der Waals surface area (Å²) in [6.45, 7) is 1.78. The molecule has 0 saturated carbocycles. The maximum Gasteiger partial charge on any atom is 0.264 e. The third-order valence-corrected chi connectivity index (χ3v) is 4.40. The number of hydrogen-bond donors (Lipinski definition) is 2. The highest BCUT2D eigenvalue weighted by Gasteiger charge is 2.24. The second-order valence-electron chi connectivity index (χ2n) is 5.61. The topological polar surface area (TPSA) is 93.8 Å². The molecule has 0 atom stereocenters. The van der Waals surface area contributed by atoms with Crippen molar-refractivity contribution in [1.82, 2.24) is 5.32 Å². The molecule has 0 spiro atoms. The summed E-state index contributed by atoms with van der Waals surface area (Å²) < 4.78 is 5.39. The zero-order valence-corrected chi connectivity index (χ0v) is 14.9. The number of nitrogens with two attached hydrogens (primary N) is 1. The average Bonchev–Trinajstić information content (AvgIpc) is 2.95. The first-order valence-electron chi connectivity index (χ1n) is 7.87. The van der Waals surface area contributed by atoms with Gasteiger partial charge in [-0.2, -0.15) is 0 Å². The van der Waals surface area contributed by atoms with Gasteiger partial charge in [-0.3, -0.25) is 9.59 Å². The monoisotopic (exact) mass is 367 g/mol. The molecule has 3 N–H and O–H groups in total. The predicted molar refractivity (Wildman–Crippen MR) is 103 cm³/mol. The summed E-state index contributed by atoms with van der Waals surface area (Å²) in [6.07, 6.45) is 1.70. The number of nitrogens with one attached hydrogen (secondary N) is 1. The van der Waals surface area contributed by atoms with E-state index in [-0.39, 0.29) is 12.5 Å². The highest BCUT2D eigenvalue weighted by Crippen LogP contribution is 2.30. The average molecular weight is 367 g/mol. The predicted octanol–water partition coefficient (Wildman–Crippen LogP) is 2.75. The van der Waals surface area contributed by atoms with Crippen LogP contribution in [0.1, 0.15) is 11.1 Å². The van der Waals surface area contributed by atoms with Gasteiger partial charge in [0.1, 0.15) is 5.75 Å². The standard InChI is InChI=1S/C19H17N3O3S/c1-12-6-8-14(9-7-12)21-19-22-18(24)16(26-19)10-13-4-2-3-5-15(13)25-11-17(20)23/h2-10H,11H2,1H3,(H2,20,23)(H,21,22,24). The van der Waals surface area contributed by atoms with Crippen LogP contribution in [0.5, 0.6) is 5.75 Å². The molecule has 3 rings (SSSR count). The zero-order valence-electron chi connectivity index (χ0n) is 14.1. The molecule has 0 radical (unpaired) electrons. The van der Waals surface area contributed by atoms with E-state index in [1.165, 1.54) is 11.8 Å². The van der Waals surface area contributed by atoms with E-state index >= 15 is 0 Å². The molecule has 132 valence electrons. The lowest BCUT2D eigenvalue weighted by atomic mass is 10.2. The Balaban J connectivity index is 1.81. The molecule has 1 aliphatic rings. The van der Waals surface area contributed by atoms with E-state index < -0.39 is 5.91 Å². The minimum atomic E-state index is -0.562. The third kappa shape index (κ3) is 4.52. The summed E-state index contributed by atoms with van der Waals surface area (Å²) in [5.74, 6) is -0.311. The number of rotatable bonds is 5.